The molecule has 2 aromatic carbocycles. The van der Waals surface area contributed by atoms with Gasteiger partial charge in [-0.25, -0.2) is 0 Å². The van der Waals surface area contributed by atoms with E-state index in [4.69, 9.17) is 0 Å². The molecule has 112 valence electrons. The lowest BCUT2D eigenvalue weighted by Crippen LogP contribution is -2.44. The Bertz CT molecular complexity index is 745. The minimum Gasteiger partial charge on any atom is -0.324 e. The fourth-order valence-electron chi connectivity index (χ4n) is 2.38. The molecule has 0 saturated heterocycles. The number of nitrogens with one attached hydrogen (secondary N) is 1. The van der Waals surface area contributed by atoms with Crippen LogP contribution >= 0.6 is 11.8 Å². The maximum Gasteiger partial charge on any atom is 0.249 e. The van der Waals surface area contributed by atoms with E-state index in [0.29, 0.717) is 0 Å². The summed E-state index contributed by atoms with van der Waals surface area (Å²) in [5.74, 6) is -0.486. The van der Waals surface area contributed by atoms with E-state index in [1.807, 2.05) is 55.5 Å². The molecule has 1 unspecified atom stereocenters. The summed E-state index contributed by atoms with van der Waals surface area (Å²) in [6.45, 7) is 1.92. The predicted octanol–water partition coefficient (Wildman–Crippen LogP) is 3.07. The lowest BCUT2D eigenvalue weighted by Gasteiger charge is -2.30. The number of hydrogen-bond acceptors (Lipinski definition) is 3. The first-order chi connectivity index (χ1) is 10.6. The SMILES string of the molecule is Cc1ccccc1NC(=O)C1Sc2ccccc2N(C)C1=O. The van der Waals surface area contributed by atoms with Crippen LogP contribution in [0, 0.1) is 6.92 Å². The molecule has 0 radical (unpaired) electrons. The van der Waals surface area contributed by atoms with E-state index in [-0.39, 0.29) is 11.8 Å². The molecule has 4 nitrogen and oxygen atoms in total. The van der Waals surface area contributed by atoms with Crippen LogP contribution < -0.4 is 10.2 Å². The van der Waals surface area contributed by atoms with Crippen molar-refractivity contribution in [1.82, 2.24) is 0 Å². The number of aryl methyl sites for hydroxylation is 1. The molecule has 0 bridgehead atoms. The van der Waals surface area contributed by atoms with Gasteiger partial charge in [0.2, 0.25) is 11.8 Å². The molecule has 2 amide bonds. The second-order valence-electron chi connectivity index (χ2n) is 5.17. The Hall–Kier alpha value is -2.27. The monoisotopic (exact) mass is 312 g/mol. The average molecular weight is 312 g/mol. The Kier molecular flexibility index (Phi) is 3.90. The normalized spacial score (nSPS) is 17.1. The van der Waals surface area contributed by atoms with E-state index in [0.717, 1.165) is 21.8 Å². The number of anilines is 2. The van der Waals surface area contributed by atoms with Crippen molar-refractivity contribution < 1.29 is 9.59 Å². The molecule has 1 N–H and O–H groups in total. The van der Waals surface area contributed by atoms with Gasteiger partial charge in [-0.3, -0.25) is 9.59 Å². The van der Waals surface area contributed by atoms with Crippen LogP contribution in [0.5, 0.6) is 0 Å². The first-order valence-corrected chi connectivity index (χ1v) is 7.85. The number of carbonyl (C=O) groups is 2. The largest absolute Gasteiger partial charge is 0.324 e. The van der Waals surface area contributed by atoms with Gasteiger partial charge >= 0.3 is 0 Å². The van der Waals surface area contributed by atoms with Crippen LogP contribution in [-0.4, -0.2) is 24.1 Å². The molecule has 1 aliphatic rings. The van der Waals surface area contributed by atoms with Crippen molar-refractivity contribution in [2.45, 2.75) is 17.1 Å². The molecule has 0 spiro atoms. The van der Waals surface area contributed by atoms with E-state index in [9.17, 15) is 9.59 Å². The zero-order valence-corrected chi connectivity index (χ0v) is 13.2. The lowest BCUT2D eigenvalue weighted by atomic mass is 10.2. The summed E-state index contributed by atoms with van der Waals surface area (Å²) in [5, 5.41) is 2.09. The summed E-state index contributed by atoms with van der Waals surface area (Å²) in [4.78, 5) is 27.4. The number of carbonyl (C=O) groups excluding carboxylic acids is 2. The smallest absolute Gasteiger partial charge is 0.249 e. The maximum atomic E-state index is 12.5. The van der Waals surface area contributed by atoms with E-state index in [2.05, 4.69) is 5.32 Å². The summed E-state index contributed by atoms with van der Waals surface area (Å²) in [6, 6.07) is 15.1. The molecule has 1 heterocycles. The molecule has 0 aromatic heterocycles. The van der Waals surface area contributed by atoms with Crippen LogP contribution in [0.3, 0.4) is 0 Å². The van der Waals surface area contributed by atoms with Crippen LogP contribution in [0.15, 0.2) is 53.4 Å². The number of rotatable bonds is 2. The van der Waals surface area contributed by atoms with E-state index in [1.54, 1.807) is 11.9 Å². The highest BCUT2D eigenvalue weighted by atomic mass is 32.2. The Morgan fingerprint density at radius 2 is 1.82 bits per heavy atom. The third-order valence-electron chi connectivity index (χ3n) is 3.67. The van der Waals surface area contributed by atoms with Gasteiger partial charge in [0.15, 0.2) is 5.25 Å². The fourth-order valence-corrected chi connectivity index (χ4v) is 3.54. The molecule has 2 aromatic rings. The molecule has 1 aliphatic heterocycles. The molecule has 0 fully saturated rings. The van der Waals surface area contributed by atoms with Crippen molar-refractivity contribution in [3.8, 4) is 0 Å². The quantitative estimate of drug-likeness (QED) is 0.867. The Balaban J connectivity index is 1.85. The van der Waals surface area contributed by atoms with Crippen molar-refractivity contribution >= 4 is 35.0 Å². The average Bonchev–Trinajstić information content (AvgIpc) is 2.53. The van der Waals surface area contributed by atoms with Crippen LogP contribution in [0.25, 0.3) is 0 Å². The van der Waals surface area contributed by atoms with E-state index in [1.165, 1.54) is 11.8 Å². The number of para-hydroxylation sites is 2. The van der Waals surface area contributed by atoms with Crippen LogP contribution in [0.1, 0.15) is 5.56 Å². The molecule has 0 aliphatic carbocycles. The number of nitrogens with zero attached hydrogens (tertiary/aromatic N) is 1. The zero-order valence-electron chi connectivity index (χ0n) is 12.4. The number of benzene rings is 2. The van der Waals surface area contributed by atoms with Crippen molar-refractivity contribution in [1.29, 1.82) is 0 Å². The van der Waals surface area contributed by atoms with Gasteiger partial charge in [-0.1, -0.05) is 30.3 Å². The Morgan fingerprint density at radius 1 is 1.14 bits per heavy atom. The summed E-state index contributed by atoms with van der Waals surface area (Å²) in [6.07, 6.45) is 0. The highest BCUT2D eigenvalue weighted by Crippen LogP contribution is 2.38. The first-order valence-electron chi connectivity index (χ1n) is 6.97. The summed E-state index contributed by atoms with van der Waals surface area (Å²) >= 11 is 1.30. The zero-order chi connectivity index (χ0) is 15.7. The topological polar surface area (TPSA) is 49.4 Å². The fraction of sp³-hybridized carbons (Fsp3) is 0.176. The van der Waals surface area contributed by atoms with Gasteiger partial charge in [0, 0.05) is 17.6 Å². The molecular weight excluding hydrogens is 296 g/mol. The molecule has 5 heteroatoms. The second-order valence-corrected chi connectivity index (χ2v) is 6.31. The highest BCUT2D eigenvalue weighted by Gasteiger charge is 2.36. The van der Waals surface area contributed by atoms with Gasteiger partial charge < -0.3 is 10.2 Å². The first kappa shape index (κ1) is 14.7. The van der Waals surface area contributed by atoms with Crippen molar-refractivity contribution in [2.24, 2.45) is 0 Å². The summed E-state index contributed by atoms with van der Waals surface area (Å²) in [7, 11) is 1.70. The van der Waals surface area contributed by atoms with Crippen LogP contribution in [0.2, 0.25) is 0 Å². The van der Waals surface area contributed by atoms with Gasteiger partial charge in [0.1, 0.15) is 0 Å². The number of hydrogen-bond donors (Lipinski definition) is 1. The van der Waals surface area contributed by atoms with E-state index >= 15 is 0 Å². The molecule has 22 heavy (non-hydrogen) atoms. The number of amides is 2. The van der Waals surface area contributed by atoms with Gasteiger partial charge in [-0.2, -0.15) is 0 Å². The highest BCUT2D eigenvalue weighted by molar-refractivity contribution is 8.01. The van der Waals surface area contributed by atoms with Gasteiger partial charge in [-0.05, 0) is 30.7 Å². The van der Waals surface area contributed by atoms with Crippen molar-refractivity contribution in [3.63, 3.8) is 0 Å². The minimum atomic E-state index is -0.764. The molecule has 0 saturated carbocycles. The maximum absolute atomic E-state index is 12.5. The Morgan fingerprint density at radius 3 is 2.59 bits per heavy atom. The van der Waals surface area contributed by atoms with Crippen LogP contribution in [0.4, 0.5) is 11.4 Å². The van der Waals surface area contributed by atoms with Crippen molar-refractivity contribution in [2.75, 3.05) is 17.3 Å². The van der Waals surface area contributed by atoms with Gasteiger partial charge in [-0.15, -0.1) is 11.8 Å². The summed E-state index contributed by atoms with van der Waals surface area (Å²) in [5.41, 5.74) is 2.55. The second kappa shape index (κ2) is 5.85. The molecular formula is C17H16N2O2S. The number of thioether (sulfide) groups is 1. The van der Waals surface area contributed by atoms with E-state index < -0.39 is 5.25 Å². The third kappa shape index (κ3) is 2.60. The summed E-state index contributed by atoms with van der Waals surface area (Å²) < 4.78 is 0. The predicted molar refractivity (Wildman–Crippen MR) is 89.3 cm³/mol. The minimum absolute atomic E-state index is 0.199. The Labute approximate surface area is 133 Å². The van der Waals surface area contributed by atoms with Gasteiger partial charge in [0.25, 0.3) is 0 Å². The standard InChI is InChI=1S/C17H16N2O2S/c1-11-7-3-4-8-12(11)18-16(20)15-17(21)19(2)13-9-5-6-10-14(13)22-15/h3-10,15H,1-2H3,(H,18,20). The molecule has 3 rings (SSSR count). The number of fused-ring (bicyclic) bond motifs is 1. The van der Waals surface area contributed by atoms with Crippen molar-refractivity contribution in [3.05, 3.63) is 54.1 Å². The third-order valence-corrected chi connectivity index (χ3v) is 4.92. The van der Waals surface area contributed by atoms with Gasteiger partial charge in [0.05, 0.1) is 5.69 Å². The van der Waals surface area contributed by atoms with Crippen LogP contribution in [-0.2, 0) is 9.59 Å². The molecule has 1 atom stereocenters. The lowest BCUT2D eigenvalue weighted by molar-refractivity contribution is -0.124.